The molecule has 0 radical (unpaired) electrons. The van der Waals surface area contributed by atoms with Crippen molar-refractivity contribution in [2.45, 2.75) is 60.3 Å². The fraction of sp³-hybridized carbons (Fsp3) is 0.238. The summed E-state index contributed by atoms with van der Waals surface area (Å²) in [6.07, 6.45) is 1.09. The first-order chi connectivity index (χ1) is 19.2. The standard InChI is InChI=1S/C40H40.2CH3.Hf/c1-25(2)24-40(7,32-20-30-14-10-18-36(38(30)22-32)34-16-8-12-26(3)28(34)5)33-21-31-15-11-19-37(39(31)23-33)35-17-9-13-27(4)29(35)6;;;/h8-23,25H,24H2,1-7H3;2*1H3;/q-2;2*-1;+4. The Balaban J connectivity index is 0.00000169. The molecule has 6 aromatic carbocycles. The van der Waals surface area contributed by atoms with Gasteiger partial charge in [-0.1, -0.05) is 80.4 Å². The number of fused-ring (bicyclic) bond motifs is 2. The van der Waals surface area contributed by atoms with Crippen LogP contribution in [0.5, 0.6) is 0 Å². The number of aryl methyl sites for hydroxylation is 2. The van der Waals surface area contributed by atoms with E-state index in [2.05, 4.69) is 146 Å². The molecule has 218 valence electrons. The molecule has 43 heavy (non-hydrogen) atoms. The zero-order valence-electron chi connectivity index (χ0n) is 27.5. The summed E-state index contributed by atoms with van der Waals surface area (Å²) in [6, 6.07) is 36.8. The van der Waals surface area contributed by atoms with Gasteiger partial charge in [-0.2, -0.15) is 12.1 Å². The van der Waals surface area contributed by atoms with Gasteiger partial charge in [0.1, 0.15) is 0 Å². The summed E-state index contributed by atoms with van der Waals surface area (Å²) in [5.41, 5.74) is 13.5. The summed E-state index contributed by atoms with van der Waals surface area (Å²) in [7, 11) is 0. The molecule has 0 bridgehead atoms. The number of benzene rings is 4. The molecule has 0 saturated heterocycles. The van der Waals surface area contributed by atoms with E-state index in [4.69, 9.17) is 0 Å². The zero-order valence-corrected chi connectivity index (χ0v) is 31.1. The van der Waals surface area contributed by atoms with Crippen molar-refractivity contribution in [2.24, 2.45) is 5.92 Å². The third-order valence-electron chi connectivity index (χ3n) is 9.38. The van der Waals surface area contributed by atoms with Gasteiger partial charge in [-0.15, -0.1) is 69.1 Å². The van der Waals surface area contributed by atoms with Crippen molar-refractivity contribution in [3.63, 3.8) is 0 Å². The molecule has 6 rings (SSSR count). The molecule has 0 saturated carbocycles. The van der Waals surface area contributed by atoms with Gasteiger partial charge < -0.3 is 14.9 Å². The third kappa shape index (κ3) is 6.03. The Morgan fingerprint density at radius 2 is 0.953 bits per heavy atom. The van der Waals surface area contributed by atoms with E-state index in [1.54, 1.807) is 0 Å². The van der Waals surface area contributed by atoms with Crippen LogP contribution in [0.1, 0.15) is 60.6 Å². The maximum Gasteiger partial charge on any atom is 4.00 e. The Hall–Kier alpha value is -3.03. The van der Waals surface area contributed by atoms with Crippen molar-refractivity contribution in [1.82, 2.24) is 0 Å². The van der Waals surface area contributed by atoms with Crippen LogP contribution in [0.2, 0.25) is 0 Å². The van der Waals surface area contributed by atoms with E-state index in [1.807, 2.05) is 0 Å². The minimum atomic E-state index is -0.0932. The summed E-state index contributed by atoms with van der Waals surface area (Å²) < 4.78 is 0. The second kappa shape index (κ2) is 13.3. The Labute approximate surface area is 279 Å². The van der Waals surface area contributed by atoms with E-state index >= 15 is 0 Å². The molecule has 0 atom stereocenters. The Morgan fingerprint density at radius 1 is 0.581 bits per heavy atom. The van der Waals surface area contributed by atoms with Crippen LogP contribution in [0, 0.1) is 48.5 Å². The first-order valence-corrected chi connectivity index (χ1v) is 14.7. The molecule has 0 spiro atoms. The normalized spacial score (nSPS) is 11.3. The van der Waals surface area contributed by atoms with Gasteiger partial charge in [0.15, 0.2) is 0 Å². The van der Waals surface area contributed by atoms with Crippen LogP contribution in [0.25, 0.3) is 43.8 Å². The number of hydrogen-bond acceptors (Lipinski definition) is 0. The maximum absolute atomic E-state index is 2.48. The van der Waals surface area contributed by atoms with E-state index in [1.165, 1.54) is 77.2 Å². The molecule has 6 aromatic rings. The Kier molecular flexibility index (Phi) is 10.7. The van der Waals surface area contributed by atoms with E-state index in [0.29, 0.717) is 5.92 Å². The zero-order chi connectivity index (χ0) is 28.2. The molecular formula is C42H46Hf. The van der Waals surface area contributed by atoms with Gasteiger partial charge in [0, 0.05) is 0 Å². The second-order valence-electron chi connectivity index (χ2n) is 12.5. The molecule has 0 amide bonds. The Morgan fingerprint density at radius 3 is 1.35 bits per heavy atom. The summed E-state index contributed by atoms with van der Waals surface area (Å²) in [6.45, 7) is 16.1. The smallest absolute Gasteiger partial charge is 0.358 e. The minimum absolute atomic E-state index is 0. The first-order valence-electron chi connectivity index (χ1n) is 14.7. The molecule has 0 aliphatic carbocycles. The molecule has 0 aromatic heterocycles. The quantitative estimate of drug-likeness (QED) is 0.118. The Bertz CT molecular complexity index is 1730. The number of hydrogen-bond donors (Lipinski definition) is 0. The largest absolute Gasteiger partial charge is 4.00 e. The molecule has 0 fully saturated rings. The molecule has 0 aliphatic rings. The van der Waals surface area contributed by atoms with Crippen molar-refractivity contribution in [3.05, 3.63) is 145 Å². The van der Waals surface area contributed by atoms with Crippen LogP contribution < -0.4 is 0 Å². The van der Waals surface area contributed by atoms with Crippen molar-refractivity contribution in [1.29, 1.82) is 0 Å². The molecule has 0 aliphatic heterocycles. The summed E-state index contributed by atoms with van der Waals surface area (Å²) in [5.74, 6) is 0.568. The van der Waals surface area contributed by atoms with Crippen molar-refractivity contribution in [2.75, 3.05) is 0 Å². The van der Waals surface area contributed by atoms with Crippen LogP contribution in [0.4, 0.5) is 0 Å². The SMILES string of the molecule is Cc1cccc(-c2cccc3[cH-]c(C(C)(CC(C)C)c4cc5c(-c6cccc(C)c6C)cccc5[cH-]4)cc23)c1C.[CH3-].[CH3-].[Hf+4]. The number of rotatable bonds is 6. The van der Waals surface area contributed by atoms with Gasteiger partial charge in [0.05, 0.1) is 0 Å². The van der Waals surface area contributed by atoms with Crippen LogP contribution in [0.15, 0.2) is 97.1 Å². The monoisotopic (exact) mass is 730 g/mol. The molecule has 0 heterocycles. The summed E-state index contributed by atoms with van der Waals surface area (Å²) in [4.78, 5) is 0. The fourth-order valence-corrected chi connectivity index (χ4v) is 6.88. The average molecular weight is 729 g/mol. The topological polar surface area (TPSA) is 0 Å². The van der Waals surface area contributed by atoms with Crippen molar-refractivity contribution < 1.29 is 25.8 Å². The molecular weight excluding hydrogens is 683 g/mol. The summed E-state index contributed by atoms with van der Waals surface area (Å²) in [5, 5.41) is 5.37. The van der Waals surface area contributed by atoms with Gasteiger partial charge >= 0.3 is 25.8 Å². The van der Waals surface area contributed by atoms with Crippen LogP contribution in [-0.4, -0.2) is 0 Å². The fourth-order valence-electron chi connectivity index (χ4n) is 6.88. The van der Waals surface area contributed by atoms with E-state index in [-0.39, 0.29) is 46.1 Å². The second-order valence-corrected chi connectivity index (χ2v) is 12.5. The molecule has 0 unspecified atom stereocenters. The average Bonchev–Trinajstić information content (AvgIpc) is 3.57. The van der Waals surface area contributed by atoms with E-state index in [0.717, 1.165) is 6.42 Å². The van der Waals surface area contributed by atoms with Crippen LogP contribution >= 0.6 is 0 Å². The van der Waals surface area contributed by atoms with Crippen molar-refractivity contribution in [3.8, 4) is 22.3 Å². The van der Waals surface area contributed by atoms with Gasteiger partial charge in [0.2, 0.25) is 0 Å². The van der Waals surface area contributed by atoms with Crippen LogP contribution in [0.3, 0.4) is 0 Å². The third-order valence-corrected chi connectivity index (χ3v) is 9.38. The predicted octanol–water partition coefficient (Wildman–Crippen LogP) is 12.2. The van der Waals surface area contributed by atoms with Gasteiger partial charge in [-0.05, 0) is 78.8 Å². The minimum Gasteiger partial charge on any atom is -0.358 e. The predicted molar refractivity (Wildman–Crippen MR) is 188 cm³/mol. The van der Waals surface area contributed by atoms with Crippen molar-refractivity contribution >= 4 is 21.5 Å². The molecule has 1 heteroatoms. The van der Waals surface area contributed by atoms with Gasteiger partial charge in [-0.3, -0.25) is 0 Å². The van der Waals surface area contributed by atoms with Gasteiger partial charge in [0.25, 0.3) is 0 Å². The first kappa shape index (κ1) is 34.5. The summed E-state index contributed by atoms with van der Waals surface area (Å²) >= 11 is 0. The molecule has 0 N–H and O–H groups in total. The maximum atomic E-state index is 2.48. The van der Waals surface area contributed by atoms with E-state index in [9.17, 15) is 0 Å². The van der Waals surface area contributed by atoms with Crippen LogP contribution in [-0.2, 0) is 31.3 Å². The van der Waals surface area contributed by atoms with Gasteiger partial charge in [-0.25, -0.2) is 0 Å². The van der Waals surface area contributed by atoms with E-state index < -0.39 is 0 Å². The molecule has 0 nitrogen and oxygen atoms in total.